The minimum atomic E-state index is -1.32. The van der Waals surface area contributed by atoms with Gasteiger partial charge in [0.05, 0.1) is 117 Å². The van der Waals surface area contributed by atoms with Gasteiger partial charge in [-0.05, 0) is 32.1 Å². The molecular weight excluding hydrogens is 1340 g/mol. The average molecular weight is 1420 g/mol. The number of aliphatic carboxylic acids is 1. The molecule has 0 spiro atoms. The summed E-state index contributed by atoms with van der Waals surface area (Å²) in [5.41, 5.74) is -1.90. The standard InChI is InChI=1S/C68H75N8O26/c1-37-17-44(69(31-37)65(81)47-23-56(93-7)60(27-52(47)73(85)86)97-13-11-14-98-61-28-53(74(87)88)48(24-57(61)94-8)66(82)70-32-38(2)18-45(70)35-101-41(5)77)21-43(22-64(79)80)51-20-40(4)34-72(51)68(84)50-26-59(96-10)63(30-55(50)76(91)92)100-16-12-15-99-62-29-54(75(89)90)49(25-58(62)95-9)67(83)71-33-39(3)19-46(71)36-102-42(6)78/h23-30,44-46,51H,1-4,11-22,31-36H2,5-10H3,(H,79,80)/t44-,45+,46+,51+/m1/s1. The molecule has 0 aromatic heterocycles. The lowest BCUT2D eigenvalue weighted by atomic mass is 9.86. The highest BCUT2D eigenvalue weighted by atomic mass is 16.6. The number of carboxylic acid groups (broad SMARTS) is 1. The molecule has 4 heterocycles. The Morgan fingerprint density at radius 3 is 0.990 bits per heavy atom. The Morgan fingerprint density at radius 1 is 0.431 bits per heavy atom. The average Bonchev–Trinajstić information content (AvgIpc) is 1.49. The molecule has 4 amide bonds. The van der Waals surface area contributed by atoms with E-state index in [1.54, 1.807) is 0 Å². The Kier molecular flexibility index (Phi) is 24.8. The minimum absolute atomic E-state index is 0.0151. The Hall–Kier alpha value is -11.9. The van der Waals surface area contributed by atoms with E-state index in [1.165, 1.54) is 68.0 Å². The van der Waals surface area contributed by atoms with E-state index in [1.807, 2.05) is 0 Å². The maximum atomic E-state index is 14.8. The number of methoxy groups -OCH3 is 4. The number of nitro groups is 4. The van der Waals surface area contributed by atoms with Crippen LogP contribution in [0.15, 0.2) is 97.1 Å². The molecule has 34 heteroatoms. The van der Waals surface area contributed by atoms with Crippen LogP contribution < -0.4 is 37.9 Å². The molecule has 4 saturated heterocycles. The van der Waals surface area contributed by atoms with Crippen molar-refractivity contribution in [3.8, 4) is 46.0 Å². The molecule has 1 radical (unpaired) electrons. The van der Waals surface area contributed by atoms with Crippen molar-refractivity contribution in [1.82, 2.24) is 19.6 Å². The second-order valence-electron chi connectivity index (χ2n) is 24.3. The van der Waals surface area contributed by atoms with Gasteiger partial charge in [-0.25, -0.2) is 0 Å². The van der Waals surface area contributed by atoms with Gasteiger partial charge in [0.25, 0.3) is 46.4 Å². The van der Waals surface area contributed by atoms with Crippen LogP contribution >= 0.6 is 0 Å². The third-order valence-electron chi connectivity index (χ3n) is 17.1. The van der Waals surface area contributed by atoms with E-state index in [-0.39, 0.29) is 161 Å². The second-order valence-corrected chi connectivity index (χ2v) is 24.3. The Bertz CT molecular complexity index is 4080. The molecule has 0 saturated carbocycles. The zero-order chi connectivity index (χ0) is 74.5. The number of amides is 4. The summed E-state index contributed by atoms with van der Waals surface area (Å²) >= 11 is 0. The molecule has 0 unspecified atom stereocenters. The molecule has 4 aromatic rings. The van der Waals surface area contributed by atoms with Crippen molar-refractivity contribution < 1.29 is 106 Å². The number of esters is 2. The van der Waals surface area contributed by atoms with Crippen molar-refractivity contribution in [3.63, 3.8) is 0 Å². The zero-order valence-electron chi connectivity index (χ0n) is 56.7. The van der Waals surface area contributed by atoms with E-state index in [9.17, 15) is 79.1 Å². The molecule has 8 rings (SSSR count). The summed E-state index contributed by atoms with van der Waals surface area (Å²) in [5.74, 6) is -6.30. The molecule has 4 atom stereocenters. The van der Waals surface area contributed by atoms with Crippen LogP contribution in [0.1, 0.15) is 107 Å². The fourth-order valence-corrected chi connectivity index (χ4v) is 12.5. The predicted molar refractivity (Wildman–Crippen MR) is 358 cm³/mol. The van der Waals surface area contributed by atoms with Crippen LogP contribution in [0.4, 0.5) is 22.7 Å². The molecule has 102 heavy (non-hydrogen) atoms. The van der Waals surface area contributed by atoms with Crippen molar-refractivity contribution in [2.75, 3.05) is 94.3 Å². The largest absolute Gasteiger partial charge is 0.493 e. The first-order valence-electron chi connectivity index (χ1n) is 31.7. The maximum absolute atomic E-state index is 14.8. The Labute approximate surface area is 583 Å². The number of nitro benzene ring substituents is 4. The lowest BCUT2D eigenvalue weighted by Crippen LogP contribution is -2.43. The molecule has 4 aliphatic heterocycles. The minimum Gasteiger partial charge on any atom is -0.493 e. The van der Waals surface area contributed by atoms with Gasteiger partial charge in [0.1, 0.15) is 35.5 Å². The van der Waals surface area contributed by atoms with Gasteiger partial charge < -0.3 is 72.1 Å². The molecule has 543 valence electrons. The van der Waals surface area contributed by atoms with Gasteiger partial charge in [-0.3, -0.25) is 74.0 Å². The molecular formula is C68H75N8O26. The van der Waals surface area contributed by atoms with Crippen LogP contribution in [0.3, 0.4) is 0 Å². The fourth-order valence-electron chi connectivity index (χ4n) is 12.5. The SMILES string of the molecule is C=C1C[C@@H](COC(C)=O)N(C(=O)c2cc(OC)c(OCCCOc3cc([N+](=O)[O-])c(C(=O)N4CC(=C)C[C@@H]4C[C](CC(=O)O)[C@@H]4CC(=C)CN4C(=O)c4cc(OC)c(OCCCOc5cc([N+](=O)[O-])c(C(=O)N6CC(=C)C[C@H]6COC(C)=O)cc5OC)cc4[N+](=O)[O-])cc3OC)cc2[N+](=O)[O-])C1. The first-order chi connectivity index (χ1) is 48.5. The zero-order valence-corrected chi connectivity index (χ0v) is 56.7. The quantitative estimate of drug-likeness (QED) is 0.0154. The number of carboxylic acids is 1. The number of benzene rings is 4. The molecule has 4 aliphatic rings. The van der Waals surface area contributed by atoms with Gasteiger partial charge in [-0.1, -0.05) is 48.6 Å². The highest BCUT2D eigenvalue weighted by Crippen LogP contribution is 2.44. The number of ether oxygens (including phenoxy) is 10. The van der Waals surface area contributed by atoms with Gasteiger partial charge in [0, 0.05) is 95.1 Å². The topological polar surface area (TPSA) is 418 Å². The number of rotatable bonds is 33. The third-order valence-corrected chi connectivity index (χ3v) is 17.1. The highest BCUT2D eigenvalue weighted by Gasteiger charge is 2.45. The van der Waals surface area contributed by atoms with Crippen LogP contribution in [0, 0.1) is 46.4 Å². The van der Waals surface area contributed by atoms with E-state index in [0.29, 0.717) is 35.1 Å². The van der Waals surface area contributed by atoms with Gasteiger partial charge in [-0.2, -0.15) is 0 Å². The van der Waals surface area contributed by atoms with Crippen molar-refractivity contribution >= 4 is 64.3 Å². The number of nitrogens with zero attached hydrogens (tertiary/aromatic N) is 8. The van der Waals surface area contributed by atoms with Crippen LogP contribution in [-0.4, -0.2) is 204 Å². The van der Waals surface area contributed by atoms with Gasteiger partial charge in [0.15, 0.2) is 46.0 Å². The summed E-state index contributed by atoms with van der Waals surface area (Å²) in [4.78, 5) is 145. The number of carbonyl (C=O) groups excluding carboxylic acids is 6. The van der Waals surface area contributed by atoms with Gasteiger partial charge in [-0.15, -0.1) is 0 Å². The second kappa shape index (κ2) is 33.3. The monoisotopic (exact) mass is 1420 g/mol. The first kappa shape index (κ1) is 75.9. The fraction of sp³-hybridized carbons (Fsp3) is 0.412. The van der Waals surface area contributed by atoms with Crippen molar-refractivity contribution in [3.05, 3.63) is 166 Å². The molecule has 0 aliphatic carbocycles. The van der Waals surface area contributed by atoms with Gasteiger partial charge in [0.2, 0.25) is 0 Å². The molecule has 4 fully saturated rings. The first-order valence-corrected chi connectivity index (χ1v) is 31.7. The van der Waals surface area contributed by atoms with Crippen molar-refractivity contribution in [2.24, 2.45) is 0 Å². The van der Waals surface area contributed by atoms with E-state index in [4.69, 9.17) is 47.4 Å². The number of hydrogen-bond acceptors (Lipinski definition) is 25. The number of hydrogen-bond donors (Lipinski definition) is 1. The van der Waals surface area contributed by atoms with Crippen LogP contribution in [0.2, 0.25) is 0 Å². The molecule has 1 N–H and O–H groups in total. The smallest absolute Gasteiger partial charge is 0.304 e. The van der Waals surface area contributed by atoms with Crippen molar-refractivity contribution in [2.45, 2.75) is 89.4 Å². The molecule has 4 aromatic carbocycles. The normalized spacial score (nSPS) is 17.1. The van der Waals surface area contributed by atoms with Crippen molar-refractivity contribution in [1.29, 1.82) is 0 Å². The summed E-state index contributed by atoms with van der Waals surface area (Å²) in [6.45, 7) is 17.2. The van der Waals surface area contributed by atoms with E-state index in [0.717, 1.165) is 42.5 Å². The predicted octanol–water partition coefficient (Wildman–Crippen LogP) is 8.40. The molecule has 34 nitrogen and oxygen atoms in total. The number of likely N-dealkylation sites (tertiary alicyclic amines) is 4. The summed E-state index contributed by atoms with van der Waals surface area (Å²) in [7, 11) is 4.99. The lowest BCUT2D eigenvalue weighted by Gasteiger charge is -2.34. The maximum Gasteiger partial charge on any atom is 0.304 e. The molecule has 0 bridgehead atoms. The Balaban J connectivity index is 0.929. The van der Waals surface area contributed by atoms with E-state index >= 15 is 0 Å². The van der Waals surface area contributed by atoms with Gasteiger partial charge >= 0.3 is 17.9 Å². The summed E-state index contributed by atoms with van der Waals surface area (Å²) in [5, 5.41) is 60.7. The van der Waals surface area contributed by atoms with Crippen LogP contribution in [0.25, 0.3) is 0 Å². The summed E-state index contributed by atoms with van der Waals surface area (Å²) < 4.78 is 55.7. The summed E-state index contributed by atoms with van der Waals surface area (Å²) in [6.07, 6.45) is 0.00577. The third kappa shape index (κ3) is 17.8. The van der Waals surface area contributed by atoms with Crippen LogP contribution in [-0.2, 0) is 23.9 Å². The summed E-state index contributed by atoms with van der Waals surface area (Å²) in [6, 6.07) is 5.41. The van der Waals surface area contributed by atoms with E-state index in [2.05, 4.69) is 26.3 Å². The van der Waals surface area contributed by atoms with E-state index < -0.39 is 126 Å². The lowest BCUT2D eigenvalue weighted by molar-refractivity contribution is -0.385. The number of carbonyl (C=O) groups is 7. The van der Waals surface area contributed by atoms with Crippen LogP contribution in [0.5, 0.6) is 46.0 Å². The highest BCUT2D eigenvalue weighted by molar-refractivity contribution is 6.02. The Morgan fingerprint density at radius 2 is 0.706 bits per heavy atom.